The molecule has 0 aromatic heterocycles. The zero-order chi connectivity index (χ0) is 39.4. The van der Waals surface area contributed by atoms with Crippen molar-refractivity contribution in [2.45, 2.75) is 143 Å². The van der Waals surface area contributed by atoms with Crippen LogP contribution in [0.5, 0.6) is 0 Å². The van der Waals surface area contributed by atoms with E-state index in [0.29, 0.717) is 10.8 Å². The van der Waals surface area contributed by atoms with E-state index in [1.165, 1.54) is 192 Å². The van der Waals surface area contributed by atoms with Crippen molar-refractivity contribution in [3.63, 3.8) is 0 Å². The van der Waals surface area contributed by atoms with Crippen LogP contribution in [-0.4, -0.2) is 6.88 Å². The van der Waals surface area contributed by atoms with Crippen LogP contribution in [-0.2, 0) is 49.0 Å². The van der Waals surface area contributed by atoms with E-state index in [1.54, 1.807) is 0 Å². The molecule has 60 heavy (non-hydrogen) atoms. The van der Waals surface area contributed by atoms with Crippen molar-refractivity contribution >= 4 is 53.2 Å². The zero-order valence-corrected chi connectivity index (χ0v) is 43.0. The van der Waals surface area contributed by atoms with E-state index < -0.39 is 0 Å². The van der Waals surface area contributed by atoms with Gasteiger partial charge in [0.15, 0.2) is 0 Å². The minimum absolute atomic E-state index is 0. The SMILES string of the molecule is CCc1ccc(-c2cccc3[cH-]c(CC4(C)CCCCCCC4)cc23)cc1.CCc1ccc(-c2cccc3[cH-]c(CC4(C)CCCCCCC4)cc23)cc1.Cl.Cl.[CH3-].[CH3-].[Si]=[Zr]. The third-order valence-corrected chi connectivity index (χ3v) is 13.4. The molecule has 0 atom stereocenters. The molecule has 0 spiro atoms. The van der Waals surface area contributed by atoms with E-state index in [2.05, 4.69) is 144 Å². The summed E-state index contributed by atoms with van der Waals surface area (Å²) >= 11 is 1.36. The molecule has 0 N–H and O–H groups in total. The fraction of sp³-hybridized carbons (Fsp3) is 0.429. The van der Waals surface area contributed by atoms with E-state index >= 15 is 0 Å². The van der Waals surface area contributed by atoms with Crippen molar-refractivity contribution in [2.24, 2.45) is 10.8 Å². The van der Waals surface area contributed by atoms with Crippen LogP contribution in [0.4, 0.5) is 0 Å². The summed E-state index contributed by atoms with van der Waals surface area (Å²) in [6.45, 7) is 12.6. The first-order chi connectivity index (χ1) is 27.3. The normalized spacial score (nSPS) is 15.8. The van der Waals surface area contributed by atoms with Crippen LogP contribution in [0.2, 0.25) is 0 Å². The Morgan fingerprint density at radius 3 is 1.12 bits per heavy atom. The summed E-state index contributed by atoms with van der Waals surface area (Å²) in [5.41, 5.74) is 12.3. The molecule has 8 rings (SSSR count). The van der Waals surface area contributed by atoms with Gasteiger partial charge in [0, 0.05) is 0 Å². The minimum atomic E-state index is 0. The molecule has 0 heterocycles. The predicted molar refractivity (Wildman–Crippen MR) is 270 cm³/mol. The van der Waals surface area contributed by atoms with Gasteiger partial charge in [0.2, 0.25) is 0 Å². The molecule has 2 saturated carbocycles. The Morgan fingerprint density at radius 1 is 0.483 bits per heavy atom. The molecular weight excluding hydrogens is 863 g/mol. The molecule has 6 aromatic rings. The summed E-state index contributed by atoms with van der Waals surface area (Å²) in [5, 5.41) is 5.64. The molecule has 4 heteroatoms. The Kier molecular flexibility index (Phi) is 23.7. The number of rotatable bonds is 8. The number of halogens is 2. The molecule has 0 amide bonds. The zero-order valence-electron chi connectivity index (χ0n) is 37.9. The van der Waals surface area contributed by atoms with Crippen LogP contribution < -0.4 is 0 Å². The van der Waals surface area contributed by atoms with Crippen molar-refractivity contribution in [1.29, 1.82) is 0 Å². The maximum absolute atomic E-state index is 3.06. The molecule has 0 unspecified atom stereocenters. The molecule has 0 aliphatic heterocycles. The average molecular weight is 937 g/mol. The van der Waals surface area contributed by atoms with Gasteiger partial charge >= 0.3 is 30.2 Å². The first kappa shape index (κ1) is 53.9. The number of hydrogen-bond acceptors (Lipinski definition) is 0. The average Bonchev–Trinajstić information content (AvgIpc) is 3.82. The van der Waals surface area contributed by atoms with Gasteiger partial charge < -0.3 is 14.9 Å². The summed E-state index contributed by atoms with van der Waals surface area (Å²) in [6.07, 6.45) is 24.4. The van der Waals surface area contributed by atoms with Gasteiger partial charge in [-0.3, -0.25) is 0 Å². The van der Waals surface area contributed by atoms with Gasteiger partial charge in [-0.15, -0.1) is 93.9 Å². The molecule has 6 aromatic carbocycles. The quantitative estimate of drug-likeness (QED) is 0.105. The van der Waals surface area contributed by atoms with E-state index in [1.807, 2.05) is 0 Å². The Labute approximate surface area is 396 Å². The third kappa shape index (κ3) is 14.4. The number of fused-ring (bicyclic) bond motifs is 2. The van der Waals surface area contributed by atoms with Crippen LogP contribution in [0.15, 0.2) is 109 Å². The molecule has 0 saturated heterocycles. The van der Waals surface area contributed by atoms with Gasteiger partial charge in [-0.1, -0.05) is 164 Å². The molecular formula is C56H74Cl2SiZr-4. The molecule has 0 bridgehead atoms. The third-order valence-electron chi connectivity index (χ3n) is 13.4. The van der Waals surface area contributed by atoms with Crippen LogP contribution >= 0.6 is 24.8 Å². The first-order valence-electron chi connectivity index (χ1n) is 22.1. The van der Waals surface area contributed by atoms with Gasteiger partial charge in [-0.25, -0.2) is 0 Å². The van der Waals surface area contributed by atoms with Gasteiger partial charge in [0.25, 0.3) is 0 Å². The Bertz CT molecular complexity index is 1940. The maximum atomic E-state index is 3.06. The van der Waals surface area contributed by atoms with Crippen molar-refractivity contribution < 1.29 is 23.3 Å². The van der Waals surface area contributed by atoms with Gasteiger partial charge in [-0.05, 0) is 84.5 Å². The summed E-state index contributed by atoms with van der Waals surface area (Å²) in [5.74, 6) is 0. The van der Waals surface area contributed by atoms with E-state index in [-0.39, 0.29) is 39.7 Å². The van der Waals surface area contributed by atoms with Gasteiger partial charge in [0.05, 0.1) is 0 Å². The monoisotopic (exact) mass is 934 g/mol. The van der Waals surface area contributed by atoms with Gasteiger partial charge in [0.1, 0.15) is 0 Å². The first-order valence-corrected chi connectivity index (χ1v) is 26.3. The van der Waals surface area contributed by atoms with E-state index in [4.69, 9.17) is 0 Å². The Balaban J connectivity index is 0.000000373. The van der Waals surface area contributed by atoms with Crippen molar-refractivity contribution in [1.82, 2.24) is 0 Å². The molecule has 2 fully saturated rings. The molecule has 2 aliphatic rings. The standard InChI is InChI=1S/2C27H33.2CH3.2ClH.Si.Zr/c2*1-3-21-12-14-23(15-13-21)25-11-9-10-24-18-22(19-26(24)25)20-27(2)16-7-5-4-6-8-17-27;;;;;;/h2*9-15,18-19H,3-8,16-17,20H2,1-2H3;2*1H3;2*1H;;/q4*-1;;;;. The second-order valence-electron chi connectivity index (χ2n) is 18.0. The van der Waals surface area contributed by atoms with Crippen molar-refractivity contribution in [2.75, 3.05) is 0 Å². The molecule has 324 valence electrons. The second kappa shape index (κ2) is 26.4. The summed E-state index contributed by atoms with van der Waals surface area (Å²) in [7, 11) is 0. The van der Waals surface area contributed by atoms with Crippen LogP contribution in [0, 0.1) is 25.7 Å². The number of benzene rings is 4. The fourth-order valence-corrected chi connectivity index (χ4v) is 10.00. The van der Waals surface area contributed by atoms with Crippen LogP contribution in [0.1, 0.15) is 140 Å². The molecule has 2 radical (unpaired) electrons. The summed E-state index contributed by atoms with van der Waals surface area (Å²) in [6, 6.07) is 41.6. The van der Waals surface area contributed by atoms with Crippen molar-refractivity contribution in [3.8, 4) is 22.3 Å². The van der Waals surface area contributed by atoms with Crippen molar-refractivity contribution in [3.05, 3.63) is 146 Å². The Hall–Kier alpha value is -2.22. The van der Waals surface area contributed by atoms with Gasteiger partial charge in [-0.2, -0.15) is 12.1 Å². The second-order valence-corrected chi connectivity index (χ2v) is 18.0. The summed E-state index contributed by atoms with van der Waals surface area (Å²) in [4.78, 5) is 0. The van der Waals surface area contributed by atoms with E-state index in [0.717, 1.165) is 12.8 Å². The number of aryl methyl sites for hydroxylation is 2. The van der Waals surface area contributed by atoms with E-state index in [9.17, 15) is 0 Å². The fourth-order valence-electron chi connectivity index (χ4n) is 10.00. The predicted octanol–water partition coefficient (Wildman–Crippen LogP) is 17.5. The Morgan fingerprint density at radius 2 is 0.800 bits per heavy atom. The summed E-state index contributed by atoms with van der Waals surface area (Å²) < 4.78 is 0. The molecule has 2 aliphatic carbocycles. The van der Waals surface area contributed by atoms with Crippen LogP contribution in [0.25, 0.3) is 43.8 Å². The topological polar surface area (TPSA) is 0 Å². The van der Waals surface area contributed by atoms with Crippen LogP contribution in [0.3, 0.4) is 0 Å². The number of hydrogen-bond donors (Lipinski definition) is 0. The molecule has 0 nitrogen and oxygen atoms in total.